The van der Waals surface area contributed by atoms with Crippen LogP contribution < -0.4 is 9.47 Å². The summed E-state index contributed by atoms with van der Waals surface area (Å²) in [5, 5.41) is 9.48. The average molecular weight is 444 g/mol. The monoisotopic (exact) mass is 443 g/mol. The molecule has 6 nitrogen and oxygen atoms in total. The second kappa shape index (κ2) is 10.2. The van der Waals surface area contributed by atoms with Crippen molar-refractivity contribution in [2.75, 3.05) is 20.8 Å². The molecule has 2 aromatic carbocycles. The normalized spacial score (nSPS) is 11.2. The number of esters is 1. The molecule has 30 heavy (non-hydrogen) atoms. The Morgan fingerprint density at radius 3 is 2.10 bits per heavy atom. The second-order valence-electron chi connectivity index (χ2n) is 5.93. The summed E-state index contributed by atoms with van der Waals surface area (Å²) in [6.45, 7) is 1.94. The summed E-state index contributed by atoms with van der Waals surface area (Å²) in [6, 6.07) is 15.3. The Bertz CT molecular complexity index is 962. The number of aliphatic hydroxyl groups excluding tert-OH is 1. The number of hydrogen-bond donors (Lipinski definition) is 1. The average Bonchev–Trinajstić information content (AvgIpc) is 3.21. The number of thioether (sulfide) groups is 1. The van der Waals surface area contributed by atoms with Crippen molar-refractivity contribution in [2.24, 2.45) is 0 Å². The van der Waals surface area contributed by atoms with Gasteiger partial charge in [-0.25, -0.2) is 9.78 Å². The molecule has 0 amide bonds. The molecule has 1 heterocycles. The molecule has 0 aliphatic rings. The van der Waals surface area contributed by atoms with Crippen molar-refractivity contribution in [1.82, 2.24) is 4.98 Å². The number of ether oxygens (including phenoxy) is 3. The van der Waals surface area contributed by atoms with Gasteiger partial charge < -0.3 is 19.3 Å². The number of hydrogen-bond acceptors (Lipinski definition) is 8. The molecule has 156 valence electrons. The van der Waals surface area contributed by atoms with Gasteiger partial charge in [0.15, 0.2) is 4.34 Å². The molecule has 0 atom stereocenters. The molecule has 0 bridgehead atoms. The number of carbonyl (C=O) groups excluding carboxylic acids is 1. The fourth-order valence-corrected chi connectivity index (χ4v) is 4.68. The number of rotatable bonds is 8. The number of aliphatic hydroxyl groups is 1. The number of nitrogens with zero attached hydrogens (tertiary/aromatic N) is 1. The Kier molecular flexibility index (Phi) is 7.37. The summed E-state index contributed by atoms with van der Waals surface area (Å²) in [4.78, 5) is 17.8. The van der Waals surface area contributed by atoms with Crippen LogP contribution in [0.25, 0.3) is 21.7 Å². The summed E-state index contributed by atoms with van der Waals surface area (Å²) in [7, 11) is 3.24. The van der Waals surface area contributed by atoms with E-state index in [-0.39, 0.29) is 11.5 Å². The van der Waals surface area contributed by atoms with Gasteiger partial charge >= 0.3 is 5.97 Å². The van der Waals surface area contributed by atoms with Gasteiger partial charge in [0.2, 0.25) is 0 Å². The largest absolute Gasteiger partial charge is 0.514 e. The standard InChI is InChI=1S/C22H21NO5S2/c1-4-28-21(25)18(13-24)29-22-23-19(14-5-9-16(26-2)10-6-14)20(30-22)15-7-11-17(27-3)12-8-15/h5-13,24H,4H2,1-3H3. The van der Waals surface area contributed by atoms with Gasteiger partial charge in [0.05, 0.1) is 31.4 Å². The van der Waals surface area contributed by atoms with Crippen molar-refractivity contribution in [3.05, 3.63) is 59.7 Å². The van der Waals surface area contributed by atoms with Crippen LogP contribution in [0.5, 0.6) is 11.5 Å². The van der Waals surface area contributed by atoms with Crippen LogP contribution in [0.1, 0.15) is 6.92 Å². The highest BCUT2D eigenvalue weighted by atomic mass is 32.2. The molecule has 1 aromatic heterocycles. The van der Waals surface area contributed by atoms with Gasteiger partial charge in [-0.2, -0.15) is 0 Å². The summed E-state index contributed by atoms with van der Waals surface area (Å²) >= 11 is 2.50. The summed E-state index contributed by atoms with van der Waals surface area (Å²) < 4.78 is 16.1. The van der Waals surface area contributed by atoms with Gasteiger partial charge in [-0.1, -0.05) is 0 Å². The van der Waals surface area contributed by atoms with Crippen LogP contribution in [0.4, 0.5) is 0 Å². The van der Waals surface area contributed by atoms with Crippen LogP contribution in [0.3, 0.4) is 0 Å². The van der Waals surface area contributed by atoms with Crippen molar-refractivity contribution in [3.8, 4) is 33.2 Å². The van der Waals surface area contributed by atoms with Gasteiger partial charge in [-0.05, 0) is 72.8 Å². The maximum Gasteiger partial charge on any atom is 0.348 e. The van der Waals surface area contributed by atoms with Crippen LogP contribution in [0, 0.1) is 0 Å². The van der Waals surface area contributed by atoms with Crippen LogP contribution in [-0.2, 0) is 9.53 Å². The molecular weight excluding hydrogens is 422 g/mol. The third kappa shape index (κ3) is 4.95. The zero-order valence-electron chi connectivity index (χ0n) is 16.7. The van der Waals surface area contributed by atoms with Crippen LogP contribution in [-0.4, -0.2) is 36.9 Å². The summed E-state index contributed by atoms with van der Waals surface area (Å²) in [5.41, 5.74) is 2.66. The molecule has 1 N–H and O–H groups in total. The first-order chi connectivity index (χ1) is 14.6. The number of benzene rings is 2. The fraction of sp³-hybridized carbons (Fsp3) is 0.182. The van der Waals surface area contributed by atoms with E-state index in [0.717, 1.165) is 51.2 Å². The first-order valence-corrected chi connectivity index (χ1v) is 10.7. The highest BCUT2D eigenvalue weighted by molar-refractivity contribution is 8.05. The van der Waals surface area contributed by atoms with E-state index in [4.69, 9.17) is 19.2 Å². The topological polar surface area (TPSA) is 77.9 Å². The third-order valence-corrected chi connectivity index (χ3v) is 6.27. The molecule has 3 rings (SSSR count). The van der Waals surface area contributed by atoms with Crippen LogP contribution in [0.15, 0.2) is 64.0 Å². The molecular formula is C22H21NO5S2. The smallest absolute Gasteiger partial charge is 0.348 e. The number of carbonyl (C=O) groups is 1. The quantitative estimate of drug-likeness (QED) is 0.212. The van der Waals surface area contributed by atoms with Crippen LogP contribution in [0.2, 0.25) is 0 Å². The van der Waals surface area contributed by atoms with Gasteiger partial charge in [0.1, 0.15) is 22.7 Å². The minimum Gasteiger partial charge on any atom is -0.514 e. The molecule has 0 radical (unpaired) electrons. The molecule has 3 aromatic rings. The first-order valence-electron chi connectivity index (χ1n) is 9.08. The van der Waals surface area contributed by atoms with Crippen molar-refractivity contribution >= 4 is 29.1 Å². The molecule has 0 fully saturated rings. The van der Waals surface area contributed by atoms with E-state index in [1.54, 1.807) is 21.1 Å². The second-order valence-corrected chi connectivity index (χ2v) is 8.22. The maximum absolute atomic E-state index is 12.0. The Morgan fingerprint density at radius 1 is 1.03 bits per heavy atom. The van der Waals surface area contributed by atoms with Gasteiger partial charge in [-0.15, -0.1) is 11.3 Å². The maximum atomic E-state index is 12.0. The Labute approximate surface area is 183 Å². The number of aromatic nitrogens is 1. The highest BCUT2D eigenvalue weighted by Gasteiger charge is 2.20. The molecule has 0 saturated heterocycles. The van der Waals surface area contributed by atoms with Crippen LogP contribution >= 0.6 is 23.1 Å². The highest BCUT2D eigenvalue weighted by Crippen LogP contribution is 2.42. The third-order valence-electron chi connectivity index (χ3n) is 4.11. The van der Waals surface area contributed by atoms with E-state index in [1.165, 1.54) is 11.3 Å². The van der Waals surface area contributed by atoms with E-state index < -0.39 is 5.97 Å². The SMILES string of the molecule is CCOC(=O)C(=CO)Sc1nc(-c2ccc(OC)cc2)c(-c2ccc(OC)cc2)s1. The fourth-order valence-electron chi connectivity index (χ4n) is 2.64. The molecule has 0 aliphatic heterocycles. The van der Waals surface area contributed by atoms with Crippen molar-refractivity contribution < 1.29 is 24.1 Å². The zero-order chi connectivity index (χ0) is 21.5. The predicted octanol–water partition coefficient (Wildman–Crippen LogP) is 5.55. The lowest BCUT2D eigenvalue weighted by Gasteiger charge is -2.05. The lowest BCUT2D eigenvalue weighted by molar-refractivity contribution is -0.137. The molecule has 0 unspecified atom stereocenters. The summed E-state index contributed by atoms with van der Waals surface area (Å²) in [5.74, 6) is 0.927. The lowest BCUT2D eigenvalue weighted by atomic mass is 10.1. The molecule has 8 heteroatoms. The molecule has 0 saturated carbocycles. The van der Waals surface area contributed by atoms with E-state index in [1.807, 2.05) is 48.5 Å². The minimum atomic E-state index is -0.586. The van der Waals surface area contributed by atoms with E-state index in [9.17, 15) is 9.90 Å². The predicted molar refractivity (Wildman–Crippen MR) is 119 cm³/mol. The minimum absolute atomic E-state index is 0.0770. The Balaban J connectivity index is 2.02. The first kappa shape index (κ1) is 21.7. The number of thiazole rings is 1. The zero-order valence-corrected chi connectivity index (χ0v) is 18.4. The molecule has 0 spiro atoms. The van der Waals surface area contributed by atoms with Gasteiger partial charge in [-0.3, -0.25) is 0 Å². The van der Waals surface area contributed by atoms with E-state index in [0.29, 0.717) is 4.34 Å². The van der Waals surface area contributed by atoms with Gasteiger partial charge in [0.25, 0.3) is 0 Å². The Hall–Kier alpha value is -2.97. The summed E-state index contributed by atoms with van der Waals surface area (Å²) in [6.07, 6.45) is 0.754. The van der Waals surface area contributed by atoms with Crippen molar-refractivity contribution in [2.45, 2.75) is 11.3 Å². The lowest BCUT2D eigenvalue weighted by Crippen LogP contribution is -2.05. The number of methoxy groups -OCH3 is 2. The molecule has 0 aliphatic carbocycles. The van der Waals surface area contributed by atoms with Crippen molar-refractivity contribution in [3.63, 3.8) is 0 Å². The Morgan fingerprint density at radius 2 is 1.60 bits per heavy atom. The van der Waals surface area contributed by atoms with E-state index in [2.05, 4.69) is 0 Å². The van der Waals surface area contributed by atoms with E-state index >= 15 is 0 Å². The van der Waals surface area contributed by atoms with Crippen molar-refractivity contribution in [1.29, 1.82) is 0 Å². The van der Waals surface area contributed by atoms with Gasteiger partial charge in [0, 0.05) is 5.56 Å².